The van der Waals surface area contributed by atoms with E-state index in [-0.39, 0.29) is 0 Å². The molecule has 0 saturated carbocycles. The summed E-state index contributed by atoms with van der Waals surface area (Å²) in [4.78, 5) is 2.55. The minimum absolute atomic E-state index is 0.927. The van der Waals surface area contributed by atoms with E-state index in [4.69, 9.17) is 4.42 Å². The number of hydrogen-bond donors (Lipinski definition) is 1. The first-order valence-corrected chi connectivity index (χ1v) is 7.38. The van der Waals surface area contributed by atoms with Crippen LogP contribution in [-0.2, 0) is 13.1 Å². The average molecular weight is 250 g/mol. The van der Waals surface area contributed by atoms with E-state index >= 15 is 0 Å². The molecular formula is C15H26N2O. The summed E-state index contributed by atoms with van der Waals surface area (Å²) in [5.74, 6) is 1.15. The number of rotatable bonds is 5. The van der Waals surface area contributed by atoms with Gasteiger partial charge in [-0.15, -0.1) is 0 Å². The van der Waals surface area contributed by atoms with Crippen molar-refractivity contribution in [3.8, 4) is 0 Å². The maximum atomic E-state index is 5.65. The highest BCUT2D eigenvalue weighted by Crippen LogP contribution is 2.17. The minimum Gasteiger partial charge on any atom is -0.468 e. The van der Waals surface area contributed by atoms with Gasteiger partial charge >= 0.3 is 0 Å². The second-order valence-electron chi connectivity index (χ2n) is 5.19. The fraction of sp³-hybridized carbons (Fsp3) is 0.733. The highest BCUT2D eigenvalue weighted by atomic mass is 16.3. The Balaban J connectivity index is 1.88. The summed E-state index contributed by atoms with van der Waals surface area (Å²) >= 11 is 0. The molecule has 1 fully saturated rings. The van der Waals surface area contributed by atoms with Crippen LogP contribution in [-0.4, -0.2) is 24.5 Å². The van der Waals surface area contributed by atoms with E-state index in [0.717, 1.165) is 25.4 Å². The molecular weight excluding hydrogens is 224 g/mol. The molecule has 2 heterocycles. The summed E-state index contributed by atoms with van der Waals surface area (Å²) in [7, 11) is 0. The highest BCUT2D eigenvalue weighted by molar-refractivity contribution is 5.16. The van der Waals surface area contributed by atoms with Crippen LogP contribution in [0.4, 0.5) is 0 Å². The monoisotopic (exact) mass is 250 g/mol. The molecule has 0 bridgehead atoms. The van der Waals surface area contributed by atoms with E-state index in [9.17, 15) is 0 Å². The van der Waals surface area contributed by atoms with Gasteiger partial charge in [0.1, 0.15) is 5.76 Å². The van der Waals surface area contributed by atoms with Crippen molar-refractivity contribution in [3.63, 3.8) is 0 Å². The van der Waals surface area contributed by atoms with Crippen LogP contribution in [0, 0.1) is 0 Å². The van der Waals surface area contributed by atoms with E-state index in [1.807, 2.05) is 6.26 Å². The number of likely N-dealkylation sites (tertiary alicyclic amines) is 1. The predicted molar refractivity (Wildman–Crippen MR) is 74.5 cm³/mol. The quantitative estimate of drug-likeness (QED) is 0.870. The summed E-state index contributed by atoms with van der Waals surface area (Å²) in [6.45, 7) is 7.50. The van der Waals surface area contributed by atoms with Crippen LogP contribution in [0.3, 0.4) is 0 Å². The van der Waals surface area contributed by atoms with Crippen molar-refractivity contribution in [2.75, 3.05) is 19.6 Å². The summed E-state index contributed by atoms with van der Waals surface area (Å²) in [5, 5.41) is 3.37. The standard InChI is InChI=1S/C15H26N2O/c1-2-16-12-14-8-11-18-15(14)13-17-9-6-4-3-5-7-10-17/h8,11,16H,2-7,9-10,12-13H2,1H3. The zero-order valence-corrected chi connectivity index (χ0v) is 11.6. The van der Waals surface area contributed by atoms with E-state index in [0.29, 0.717) is 0 Å². The Hall–Kier alpha value is -0.800. The number of hydrogen-bond acceptors (Lipinski definition) is 3. The summed E-state index contributed by atoms with van der Waals surface area (Å²) in [6, 6.07) is 2.10. The van der Waals surface area contributed by atoms with Gasteiger partial charge in [-0.1, -0.05) is 26.2 Å². The van der Waals surface area contributed by atoms with Crippen LogP contribution >= 0.6 is 0 Å². The first-order chi connectivity index (χ1) is 8.90. The lowest BCUT2D eigenvalue weighted by Gasteiger charge is -2.23. The van der Waals surface area contributed by atoms with Crippen molar-refractivity contribution in [1.29, 1.82) is 0 Å². The fourth-order valence-electron chi connectivity index (χ4n) is 2.60. The van der Waals surface area contributed by atoms with Gasteiger partial charge in [0.15, 0.2) is 0 Å². The van der Waals surface area contributed by atoms with Gasteiger partial charge in [-0.3, -0.25) is 4.90 Å². The second-order valence-corrected chi connectivity index (χ2v) is 5.19. The maximum absolute atomic E-state index is 5.65. The van der Waals surface area contributed by atoms with E-state index in [2.05, 4.69) is 23.2 Å². The van der Waals surface area contributed by atoms with Crippen molar-refractivity contribution < 1.29 is 4.42 Å². The molecule has 1 saturated heterocycles. The molecule has 1 aliphatic rings. The van der Waals surface area contributed by atoms with Gasteiger partial charge in [0.2, 0.25) is 0 Å². The maximum Gasteiger partial charge on any atom is 0.122 e. The number of nitrogens with one attached hydrogen (secondary N) is 1. The molecule has 1 aromatic heterocycles. The second kappa shape index (κ2) is 7.59. The Morgan fingerprint density at radius 2 is 1.89 bits per heavy atom. The van der Waals surface area contributed by atoms with Crippen molar-refractivity contribution in [3.05, 3.63) is 23.7 Å². The highest BCUT2D eigenvalue weighted by Gasteiger charge is 2.13. The van der Waals surface area contributed by atoms with Crippen molar-refractivity contribution >= 4 is 0 Å². The molecule has 0 atom stereocenters. The molecule has 1 aromatic rings. The first-order valence-electron chi connectivity index (χ1n) is 7.38. The smallest absolute Gasteiger partial charge is 0.122 e. The molecule has 102 valence electrons. The van der Waals surface area contributed by atoms with Crippen LogP contribution in [0.5, 0.6) is 0 Å². The molecule has 0 radical (unpaired) electrons. The third kappa shape index (κ3) is 4.14. The Labute approximate surface area is 111 Å². The van der Waals surface area contributed by atoms with Gasteiger partial charge in [-0.25, -0.2) is 0 Å². The molecule has 18 heavy (non-hydrogen) atoms. The zero-order valence-electron chi connectivity index (χ0n) is 11.6. The van der Waals surface area contributed by atoms with E-state index in [1.54, 1.807) is 0 Å². The van der Waals surface area contributed by atoms with Crippen LogP contribution in [0.25, 0.3) is 0 Å². The molecule has 3 heteroatoms. The molecule has 0 amide bonds. The molecule has 1 N–H and O–H groups in total. The number of furan rings is 1. The normalized spacial score (nSPS) is 18.5. The topological polar surface area (TPSA) is 28.4 Å². The Kier molecular flexibility index (Phi) is 5.75. The van der Waals surface area contributed by atoms with E-state index < -0.39 is 0 Å². The van der Waals surface area contributed by atoms with Gasteiger partial charge in [0.25, 0.3) is 0 Å². The summed E-state index contributed by atoms with van der Waals surface area (Å²) in [5.41, 5.74) is 1.32. The molecule has 0 spiro atoms. The van der Waals surface area contributed by atoms with Gasteiger partial charge in [0.05, 0.1) is 12.8 Å². The average Bonchev–Trinajstić information content (AvgIpc) is 2.77. The lowest BCUT2D eigenvalue weighted by Crippen LogP contribution is -2.27. The van der Waals surface area contributed by atoms with Crippen LogP contribution in [0.1, 0.15) is 50.4 Å². The van der Waals surface area contributed by atoms with Crippen LogP contribution in [0.2, 0.25) is 0 Å². The SMILES string of the molecule is CCNCc1ccoc1CN1CCCCCCC1. The lowest BCUT2D eigenvalue weighted by molar-refractivity contribution is 0.221. The summed E-state index contributed by atoms with van der Waals surface area (Å²) < 4.78 is 5.65. The molecule has 2 rings (SSSR count). The molecule has 0 unspecified atom stereocenters. The first kappa shape index (κ1) is 13.6. The Morgan fingerprint density at radius 1 is 1.17 bits per heavy atom. The minimum atomic E-state index is 0.927. The lowest BCUT2D eigenvalue weighted by atomic mass is 10.1. The van der Waals surface area contributed by atoms with Gasteiger partial charge in [-0.05, 0) is 38.5 Å². The van der Waals surface area contributed by atoms with Crippen molar-refractivity contribution in [2.45, 2.75) is 52.1 Å². The number of nitrogens with zero attached hydrogens (tertiary/aromatic N) is 1. The van der Waals surface area contributed by atoms with Crippen LogP contribution < -0.4 is 5.32 Å². The van der Waals surface area contributed by atoms with Gasteiger partial charge in [0, 0.05) is 12.1 Å². The summed E-state index contributed by atoms with van der Waals surface area (Å²) in [6.07, 6.45) is 8.69. The largest absolute Gasteiger partial charge is 0.468 e. The molecule has 1 aliphatic heterocycles. The fourth-order valence-corrected chi connectivity index (χ4v) is 2.60. The van der Waals surface area contributed by atoms with Gasteiger partial charge in [-0.2, -0.15) is 0 Å². The molecule has 0 aromatic carbocycles. The Morgan fingerprint density at radius 3 is 2.61 bits per heavy atom. The third-order valence-corrected chi connectivity index (χ3v) is 3.72. The molecule has 0 aliphatic carbocycles. The Bertz CT molecular complexity index is 327. The van der Waals surface area contributed by atoms with E-state index in [1.165, 1.54) is 50.8 Å². The van der Waals surface area contributed by atoms with Crippen LogP contribution in [0.15, 0.2) is 16.7 Å². The third-order valence-electron chi connectivity index (χ3n) is 3.72. The predicted octanol–water partition coefficient (Wildman–Crippen LogP) is 3.16. The zero-order chi connectivity index (χ0) is 12.6. The van der Waals surface area contributed by atoms with Gasteiger partial charge < -0.3 is 9.73 Å². The van der Waals surface area contributed by atoms with Crippen molar-refractivity contribution in [1.82, 2.24) is 10.2 Å². The molecule has 3 nitrogen and oxygen atoms in total. The van der Waals surface area contributed by atoms with Crippen molar-refractivity contribution in [2.24, 2.45) is 0 Å².